The van der Waals surface area contributed by atoms with Gasteiger partial charge in [0.05, 0.1) is 0 Å². The van der Waals surface area contributed by atoms with Crippen molar-refractivity contribution in [1.29, 1.82) is 0 Å². The van der Waals surface area contributed by atoms with Gasteiger partial charge in [0.15, 0.2) is 0 Å². The largest absolute Gasteiger partial charge is 0.530 e. The number of aryl methyl sites for hydroxylation is 3. The highest BCUT2D eigenvalue weighted by Gasteiger charge is 2.20. The van der Waals surface area contributed by atoms with Gasteiger partial charge in [-0.25, -0.2) is 0 Å². The summed E-state index contributed by atoms with van der Waals surface area (Å²) in [6.07, 6.45) is 0. The van der Waals surface area contributed by atoms with Crippen LogP contribution in [-0.2, 0) is 0 Å². The van der Waals surface area contributed by atoms with Crippen molar-refractivity contribution in [2.75, 3.05) is 0 Å². The van der Waals surface area contributed by atoms with Crippen molar-refractivity contribution in [3.63, 3.8) is 0 Å². The molecule has 4 heteroatoms. The third kappa shape index (κ3) is 5.23. The Balaban J connectivity index is 1.82. The van der Waals surface area contributed by atoms with Crippen LogP contribution in [0.4, 0.5) is 0 Å². The van der Waals surface area contributed by atoms with Crippen LogP contribution in [0.15, 0.2) is 72.8 Å². The molecular weight excluding hydrogens is 331 g/mol. The molecule has 0 saturated carbocycles. The first kappa shape index (κ1) is 17.3. The van der Waals surface area contributed by atoms with Gasteiger partial charge >= 0.3 is 8.60 Å². The maximum Gasteiger partial charge on any atom is 0.530 e. The third-order valence-electron chi connectivity index (χ3n) is 3.51. The summed E-state index contributed by atoms with van der Waals surface area (Å²) >= 11 is 0. The molecule has 25 heavy (non-hydrogen) atoms. The van der Waals surface area contributed by atoms with Crippen LogP contribution in [0.2, 0.25) is 0 Å². The molecule has 3 aromatic rings. The van der Waals surface area contributed by atoms with Gasteiger partial charge in [0, 0.05) is 0 Å². The standard InChI is InChI=1S/C21H21O3P/c1-16-7-4-10-19(13-16)22-25(23-20-11-5-8-17(2)14-20)24-21-12-6-9-18(3)15-21/h4-15H,1-3H3. The highest BCUT2D eigenvalue weighted by molar-refractivity contribution is 7.43. The Morgan fingerprint density at radius 1 is 0.520 bits per heavy atom. The molecule has 0 spiro atoms. The first-order valence-electron chi connectivity index (χ1n) is 8.12. The molecular formula is C21H21O3P. The van der Waals surface area contributed by atoms with Gasteiger partial charge in [0.1, 0.15) is 17.2 Å². The Labute approximate surface area is 150 Å². The normalized spacial score (nSPS) is 10.6. The first-order chi connectivity index (χ1) is 12.1. The van der Waals surface area contributed by atoms with E-state index in [4.69, 9.17) is 13.6 Å². The van der Waals surface area contributed by atoms with Crippen molar-refractivity contribution in [2.45, 2.75) is 20.8 Å². The molecule has 3 nitrogen and oxygen atoms in total. The average molecular weight is 352 g/mol. The summed E-state index contributed by atoms with van der Waals surface area (Å²) in [7, 11) is -1.63. The minimum absolute atomic E-state index is 0.728. The number of rotatable bonds is 6. The zero-order valence-corrected chi connectivity index (χ0v) is 15.5. The molecule has 0 aliphatic rings. The molecule has 0 amide bonds. The van der Waals surface area contributed by atoms with E-state index in [-0.39, 0.29) is 0 Å². The van der Waals surface area contributed by atoms with Crippen molar-refractivity contribution in [2.24, 2.45) is 0 Å². The van der Waals surface area contributed by atoms with Gasteiger partial charge in [-0.2, -0.15) is 0 Å². The number of hydrogen-bond donors (Lipinski definition) is 0. The Morgan fingerprint density at radius 3 is 1.12 bits per heavy atom. The fourth-order valence-corrected chi connectivity index (χ4v) is 3.30. The minimum Gasteiger partial charge on any atom is -0.408 e. The van der Waals surface area contributed by atoms with E-state index in [2.05, 4.69) is 0 Å². The Bertz CT molecular complexity index is 735. The highest BCUT2D eigenvalue weighted by Crippen LogP contribution is 2.42. The van der Waals surface area contributed by atoms with Gasteiger partial charge < -0.3 is 13.6 Å². The zero-order valence-electron chi connectivity index (χ0n) is 14.6. The Morgan fingerprint density at radius 2 is 0.840 bits per heavy atom. The molecule has 0 saturated heterocycles. The lowest BCUT2D eigenvalue weighted by Crippen LogP contribution is -2.02. The minimum atomic E-state index is -1.63. The highest BCUT2D eigenvalue weighted by atomic mass is 31.2. The lowest BCUT2D eigenvalue weighted by Gasteiger charge is -2.18. The number of benzene rings is 3. The molecule has 0 N–H and O–H groups in total. The smallest absolute Gasteiger partial charge is 0.408 e. The van der Waals surface area contributed by atoms with E-state index in [0.29, 0.717) is 0 Å². The lowest BCUT2D eigenvalue weighted by molar-refractivity contribution is 0.388. The van der Waals surface area contributed by atoms with E-state index in [0.717, 1.165) is 33.9 Å². The van der Waals surface area contributed by atoms with Gasteiger partial charge in [0.2, 0.25) is 0 Å². The van der Waals surface area contributed by atoms with Crippen molar-refractivity contribution in [3.05, 3.63) is 89.5 Å². The molecule has 0 aliphatic carbocycles. The van der Waals surface area contributed by atoms with Gasteiger partial charge in [-0.3, -0.25) is 0 Å². The second-order valence-electron chi connectivity index (χ2n) is 5.95. The molecule has 0 aromatic heterocycles. The topological polar surface area (TPSA) is 27.7 Å². The molecule has 3 aromatic carbocycles. The predicted octanol–water partition coefficient (Wildman–Crippen LogP) is 6.38. The summed E-state index contributed by atoms with van der Waals surface area (Å²) in [6, 6.07) is 23.6. The lowest BCUT2D eigenvalue weighted by atomic mass is 10.2. The van der Waals surface area contributed by atoms with Gasteiger partial charge in [-0.15, -0.1) is 0 Å². The Hall–Kier alpha value is -2.51. The molecule has 0 fully saturated rings. The fraction of sp³-hybridized carbons (Fsp3) is 0.143. The monoisotopic (exact) mass is 352 g/mol. The quantitative estimate of drug-likeness (QED) is 0.482. The van der Waals surface area contributed by atoms with Gasteiger partial charge in [-0.1, -0.05) is 36.4 Å². The van der Waals surface area contributed by atoms with E-state index in [1.54, 1.807) is 0 Å². The van der Waals surface area contributed by atoms with Crippen LogP contribution in [0.5, 0.6) is 17.2 Å². The fourth-order valence-electron chi connectivity index (χ4n) is 2.33. The predicted molar refractivity (Wildman–Crippen MR) is 102 cm³/mol. The van der Waals surface area contributed by atoms with E-state index >= 15 is 0 Å². The van der Waals surface area contributed by atoms with Crippen LogP contribution >= 0.6 is 8.60 Å². The first-order valence-corrected chi connectivity index (χ1v) is 9.22. The van der Waals surface area contributed by atoms with Crippen LogP contribution in [0.1, 0.15) is 16.7 Å². The molecule has 128 valence electrons. The van der Waals surface area contributed by atoms with E-state index < -0.39 is 8.60 Å². The molecule has 3 rings (SSSR count). The van der Waals surface area contributed by atoms with E-state index in [1.807, 2.05) is 93.6 Å². The van der Waals surface area contributed by atoms with Crippen LogP contribution < -0.4 is 13.6 Å². The summed E-state index contributed by atoms with van der Waals surface area (Å²) in [6.45, 7) is 6.08. The zero-order chi connectivity index (χ0) is 17.6. The molecule has 0 unspecified atom stereocenters. The van der Waals surface area contributed by atoms with Gasteiger partial charge in [-0.05, 0) is 73.9 Å². The molecule has 0 atom stereocenters. The SMILES string of the molecule is Cc1cccc(OP(Oc2cccc(C)c2)Oc2cccc(C)c2)c1. The van der Waals surface area contributed by atoms with Gasteiger partial charge in [0.25, 0.3) is 0 Å². The second kappa shape index (κ2) is 8.04. The second-order valence-corrected chi connectivity index (χ2v) is 6.94. The molecule has 0 bridgehead atoms. The average Bonchev–Trinajstić information content (AvgIpc) is 2.55. The van der Waals surface area contributed by atoms with Crippen LogP contribution in [-0.4, -0.2) is 0 Å². The maximum absolute atomic E-state index is 6.00. The molecule has 0 aliphatic heterocycles. The summed E-state index contributed by atoms with van der Waals surface area (Å²) in [5, 5.41) is 0. The third-order valence-corrected chi connectivity index (χ3v) is 4.59. The van der Waals surface area contributed by atoms with Crippen LogP contribution in [0, 0.1) is 20.8 Å². The van der Waals surface area contributed by atoms with E-state index in [9.17, 15) is 0 Å². The number of hydrogen-bond acceptors (Lipinski definition) is 3. The summed E-state index contributed by atoms with van der Waals surface area (Å²) < 4.78 is 18.0. The summed E-state index contributed by atoms with van der Waals surface area (Å²) in [4.78, 5) is 0. The van der Waals surface area contributed by atoms with Crippen LogP contribution in [0.3, 0.4) is 0 Å². The van der Waals surface area contributed by atoms with Crippen molar-refractivity contribution in [3.8, 4) is 17.2 Å². The maximum atomic E-state index is 6.00. The molecule has 0 heterocycles. The van der Waals surface area contributed by atoms with Crippen molar-refractivity contribution in [1.82, 2.24) is 0 Å². The summed E-state index contributed by atoms with van der Waals surface area (Å²) in [5.74, 6) is 2.18. The Kier molecular flexibility index (Phi) is 5.57. The van der Waals surface area contributed by atoms with Crippen molar-refractivity contribution < 1.29 is 13.6 Å². The van der Waals surface area contributed by atoms with Crippen molar-refractivity contribution >= 4 is 8.60 Å². The molecule has 0 radical (unpaired) electrons. The van der Waals surface area contributed by atoms with E-state index in [1.165, 1.54) is 0 Å². The summed E-state index contributed by atoms with van der Waals surface area (Å²) in [5.41, 5.74) is 3.37. The van der Waals surface area contributed by atoms with Crippen LogP contribution in [0.25, 0.3) is 0 Å².